The van der Waals surface area contributed by atoms with E-state index in [1.807, 2.05) is 18.5 Å². The van der Waals surface area contributed by atoms with Crippen LogP contribution in [0, 0.1) is 10.1 Å². The molecule has 1 aromatic carbocycles. The SMILES string of the molecule is CC(C)c1nc2n(n1)C[C@H](NC(=O)c1cc([N+](=O)[O-])ccc1N)CC2. The van der Waals surface area contributed by atoms with Gasteiger partial charge in [0.05, 0.1) is 17.0 Å². The highest BCUT2D eigenvalue weighted by Gasteiger charge is 2.25. The van der Waals surface area contributed by atoms with E-state index in [1.165, 1.54) is 18.2 Å². The predicted octanol–water partition coefficient (Wildman–Crippen LogP) is 1.64. The third kappa shape index (κ3) is 3.44. The molecule has 1 aliphatic heterocycles. The maximum absolute atomic E-state index is 12.5. The first-order chi connectivity index (χ1) is 11.8. The van der Waals surface area contributed by atoms with Crippen molar-refractivity contribution in [2.45, 2.75) is 45.2 Å². The highest BCUT2D eigenvalue weighted by molar-refractivity contribution is 5.99. The first-order valence-corrected chi connectivity index (χ1v) is 8.13. The molecule has 0 radical (unpaired) electrons. The quantitative estimate of drug-likeness (QED) is 0.493. The molecule has 0 spiro atoms. The first-order valence-electron chi connectivity index (χ1n) is 8.13. The van der Waals surface area contributed by atoms with E-state index in [2.05, 4.69) is 15.4 Å². The van der Waals surface area contributed by atoms with E-state index in [1.54, 1.807) is 0 Å². The zero-order chi connectivity index (χ0) is 18.1. The summed E-state index contributed by atoms with van der Waals surface area (Å²) in [4.78, 5) is 27.3. The Hall–Kier alpha value is -2.97. The molecule has 3 rings (SSSR count). The molecule has 0 bridgehead atoms. The highest BCUT2D eigenvalue weighted by Crippen LogP contribution is 2.21. The summed E-state index contributed by atoms with van der Waals surface area (Å²) in [5.74, 6) is 1.55. The molecule has 3 N–H and O–H groups in total. The van der Waals surface area contributed by atoms with Crippen molar-refractivity contribution in [3.8, 4) is 0 Å². The van der Waals surface area contributed by atoms with E-state index >= 15 is 0 Å². The van der Waals surface area contributed by atoms with Crippen LogP contribution in [-0.2, 0) is 13.0 Å². The maximum Gasteiger partial charge on any atom is 0.270 e. The number of fused-ring (bicyclic) bond motifs is 1. The number of non-ortho nitro benzene ring substituents is 1. The number of nitrogens with one attached hydrogen (secondary N) is 1. The Morgan fingerprint density at radius 2 is 2.24 bits per heavy atom. The molecule has 1 aliphatic rings. The van der Waals surface area contributed by atoms with Crippen LogP contribution >= 0.6 is 0 Å². The second-order valence-corrected chi connectivity index (χ2v) is 6.46. The third-order valence-corrected chi connectivity index (χ3v) is 4.22. The minimum atomic E-state index is -0.550. The number of rotatable bonds is 4. The molecule has 1 amide bonds. The van der Waals surface area contributed by atoms with Gasteiger partial charge in [-0.25, -0.2) is 9.67 Å². The summed E-state index contributed by atoms with van der Waals surface area (Å²) < 4.78 is 1.82. The number of aromatic nitrogens is 3. The van der Waals surface area contributed by atoms with Crippen molar-refractivity contribution < 1.29 is 9.72 Å². The first kappa shape index (κ1) is 16.9. The number of nitrogen functional groups attached to an aromatic ring is 1. The van der Waals surface area contributed by atoms with Crippen molar-refractivity contribution in [1.29, 1.82) is 0 Å². The van der Waals surface area contributed by atoms with Gasteiger partial charge in [-0.15, -0.1) is 0 Å². The van der Waals surface area contributed by atoms with Crippen LogP contribution in [-0.4, -0.2) is 31.6 Å². The lowest BCUT2D eigenvalue weighted by atomic mass is 10.1. The number of amides is 1. The number of nitro groups is 1. The van der Waals surface area contributed by atoms with Gasteiger partial charge in [0.1, 0.15) is 5.82 Å². The van der Waals surface area contributed by atoms with Crippen molar-refractivity contribution >= 4 is 17.3 Å². The second-order valence-electron chi connectivity index (χ2n) is 6.46. The molecule has 25 heavy (non-hydrogen) atoms. The fraction of sp³-hybridized carbons (Fsp3) is 0.438. The molecule has 2 aromatic rings. The number of hydrogen-bond donors (Lipinski definition) is 2. The van der Waals surface area contributed by atoms with E-state index in [0.717, 1.165) is 24.5 Å². The van der Waals surface area contributed by atoms with Crippen molar-refractivity contribution in [2.75, 3.05) is 5.73 Å². The zero-order valence-electron chi connectivity index (χ0n) is 14.1. The molecule has 9 heteroatoms. The topological polar surface area (TPSA) is 129 Å². The smallest absolute Gasteiger partial charge is 0.270 e. The minimum absolute atomic E-state index is 0.112. The number of hydrogen-bond acceptors (Lipinski definition) is 6. The Bertz CT molecular complexity index is 829. The summed E-state index contributed by atoms with van der Waals surface area (Å²) in [5, 5.41) is 18.3. The van der Waals surface area contributed by atoms with Crippen LogP contribution in [0.2, 0.25) is 0 Å². The van der Waals surface area contributed by atoms with Gasteiger partial charge in [0.2, 0.25) is 0 Å². The van der Waals surface area contributed by atoms with Gasteiger partial charge >= 0.3 is 0 Å². The van der Waals surface area contributed by atoms with Crippen LogP contribution in [0.3, 0.4) is 0 Å². The Labute approximate surface area is 144 Å². The normalized spacial score (nSPS) is 16.5. The molecular formula is C16H20N6O3. The lowest BCUT2D eigenvalue weighted by Gasteiger charge is -2.23. The van der Waals surface area contributed by atoms with Crippen molar-refractivity contribution in [3.63, 3.8) is 0 Å². The lowest BCUT2D eigenvalue weighted by molar-refractivity contribution is -0.384. The van der Waals surface area contributed by atoms with Crippen LogP contribution in [0.25, 0.3) is 0 Å². The second kappa shape index (κ2) is 6.50. The van der Waals surface area contributed by atoms with Crippen LogP contribution in [0.5, 0.6) is 0 Å². The van der Waals surface area contributed by atoms with Crippen molar-refractivity contribution in [3.05, 3.63) is 45.5 Å². The fourth-order valence-electron chi connectivity index (χ4n) is 2.81. The zero-order valence-corrected chi connectivity index (χ0v) is 14.1. The third-order valence-electron chi connectivity index (χ3n) is 4.22. The molecule has 9 nitrogen and oxygen atoms in total. The molecular weight excluding hydrogens is 324 g/mol. The summed E-state index contributed by atoms with van der Waals surface area (Å²) in [5.41, 5.74) is 5.96. The van der Waals surface area contributed by atoms with Gasteiger partial charge in [-0.3, -0.25) is 14.9 Å². The van der Waals surface area contributed by atoms with Gasteiger partial charge in [0.25, 0.3) is 11.6 Å². The van der Waals surface area contributed by atoms with E-state index in [9.17, 15) is 14.9 Å². The summed E-state index contributed by atoms with van der Waals surface area (Å²) in [6, 6.07) is 3.73. The van der Waals surface area contributed by atoms with Crippen molar-refractivity contribution in [1.82, 2.24) is 20.1 Å². The van der Waals surface area contributed by atoms with Gasteiger partial charge < -0.3 is 11.1 Å². The monoisotopic (exact) mass is 344 g/mol. The largest absolute Gasteiger partial charge is 0.398 e. The van der Waals surface area contributed by atoms with E-state index in [-0.39, 0.29) is 28.9 Å². The molecule has 0 saturated carbocycles. The number of benzene rings is 1. The molecule has 1 aromatic heterocycles. The van der Waals surface area contributed by atoms with Crippen LogP contribution < -0.4 is 11.1 Å². The summed E-state index contributed by atoms with van der Waals surface area (Å²) in [6.07, 6.45) is 1.45. The number of nitrogens with two attached hydrogens (primary N) is 1. The number of anilines is 1. The van der Waals surface area contributed by atoms with Crippen LogP contribution in [0.1, 0.15) is 48.2 Å². The molecule has 0 unspecified atom stereocenters. The average molecular weight is 344 g/mol. The molecule has 2 heterocycles. The number of nitro benzene ring substituents is 1. The van der Waals surface area contributed by atoms with Crippen LogP contribution in [0.4, 0.5) is 11.4 Å². The number of nitrogens with zero attached hydrogens (tertiary/aromatic N) is 4. The lowest BCUT2D eigenvalue weighted by Crippen LogP contribution is -2.41. The number of aryl methyl sites for hydroxylation is 1. The van der Waals surface area contributed by atoms with E-state index in [4.69, 9.17) is 5.73 Å². The van der Waals surface area contributed by atoms with Gasteiger partial charge in [-0.05, 0) is 12.5 Å². The standard InChI is InChI=1S/C16H20N6O3/c1-9(2)15-19-14-6-3-10(8-21(14)20-15)18-16(23)12-7-11(22(24)25)4-5-13(12)17/h4-5,7,9-10H,3,6,8,17H2,1-2H3,(H,18,23)/t10-/m1/s1. The summed E-state index contributed by atoms with van der Waals surface area (Å²) in [7, 11) is 0. The predicted molar refractivity (Wildman–Crippen MR) is 91.2 cm³/mol. The Morgan fingerprint density at radius 3 is 2.92 bits per heavy atom. The van der Waals surface area contributed by atoms with Gasteiger partial charge in [-0.1, -0.05) is 13.8 Å². The van der Waals surface area contributed by atoms with E-state index in [0.29, 0.717) is 6.54 Å². The molecule has 0 fully saturated rings. The van der Waals surface area contributed by atoms with Gasteiger partial charge in [0, 0.05) is 36.2 Å². The molecule has 0 aliphatic carbocycles. The van der Waals surface area contributed by atoms with Crippen molar-refractivity contribution in [2.24, 2.45) is 0 Å². The highest BCUT2D eigenvalue weighted by atomic mass is 16.6. The Kier molecular flexibility index (Phi) is 4.39. The number of carbonyl (C=O) groups excluding carboxylic acids is 1. The van der Waals surface area contributed by atoms with Gasteiger partial charge in [0.15, 0.2) is 5.82 Å². The van der Waals surface area contributed by atoms with Gasteiger partial charge in [-0.2, -0.15) is 5.10 Å². The Balaban J connectivity index is 1.74. The average Bonchev–Trinajstić information content (AvgIpc) is 2.98. The van der Waals surface area contributed by atoms with Crippen LogP contribution in [0.15, 0.2) is 18.2 Å². The summed E-state index contributed by atoms with van der Waals surface area (Å²) in [6.45, 7) is 4.59. The fourth-order valence-corrected chi connectivity index (χ4v) is 2.81. The maximum atomic E-state index is 12.5. The minimum Gasteiger partial charge on any atom is -0.398 e. The Morgan fingerprint density at radius 1 is 1.48 bits per heavy atom. The molecule has 132 valence electrons. The number of carbonyl (C=O) groups is 1. The summed E-state index contributed by atoms with van der Waals surface area (Å²) >= 11 is 0. The molecule has 0 saturated heterocycles. The molecule has 1 atom stereocenters. The van der Waals surface area contributed by atoms with E-state index < -0.39 is 10.8 Å².